The molecule has 0 aromatic heterocycles. The van der Waals surface area contributed by atoms with Crippen LogP contribution in [0.1, 0.15) is 4.28 Å². The molecule has 0 saturated heterocycles. The molecule has 0 atom stereocenters. The third-order valence-electron chi connectivity index (χ3n) is 0. The van der Waals surface area contributed by atoms with Gasteiger partial charge in [0.1, 0.15) is 0 Å². The van der Waals surface area contributed by atoms with Crippen LogP contribution in [-0.4, -0.2) is 14.7 Å². The summed E-state index contributed by atoms with van der Waals surface area (Å²) in [5, 5.41) is 0. The first-order valence-corrected chi connectivity index (χ1v) is 2.35. The largest absolute Gasteiger partial charge is 1.00 e. The molecule has 0 aromatic carbocycles. The molecule has 46 valence electrons. The van der Waals surface area contributed by atoms with E-state index in [9.17, 15) is 0 Å². The fraction of sp³-hybridized carbons (Fsp3) is 0. The molecule has 0 heterocycles. The Balaban J connectivity index is -0.00000000381. The molecule has 0 fully saturated rings. The number of hydrogen-bond acceptors (Lipinski definition) is 1. The van der Waals surface area contributed by atoms with Gasteiger partial charge >= 0.3 is 215 Å². The van der Waals surface area contributed by atoms with Gasteiger partial charge < -0.3 is 19.0 Å². The Kier molecular flexibility index (Phi) is 55.8. The summed E-state index contributed by atoms with van der Waals surface area (Å²) in [6.45, 7) is 0. The zero-order valence-corrected chi connectivity index (χ0v) is 26.2. The van der Waals surface area contributed by atoms with Gasteiger partial charge in [-0.05, 0) is 0 Å². The van der Waals surface area contributed by atoms with Crippen molar-refractivity contribution in [2.24, 2.45) is 0 Å². The summed E-state index contributed by atoms with van der Waals surface area (Å²) in [6.07, 6.45) is 0. The van der Waals surface area contributed by atoms with E-state index in [4.69, 9.17) is 19.2 Å². The van der Waals surface area contributed by atoms with Gasteiger partial charge in [-0.2, -0.15) is 0 Å². The first kappa shape index (κ1) is 29.6. The van der Waals surface area contributed by atoms with Crippen LogP contribution in [0.2, 0.25) is 0 Å². The van der Waals surface area contributed by atoms with Crippen LogP contribution in [0.25, 0.3) is 0 Å². The predicted molar refractivity (Wildman–Crippen MR) is 24.8 cm³/mol. The molecule has 0 spiro atoms. The van der Waals surface area contributed by atoms with Gasteiger partial charge in [-0.1, -0.05) is 0 Å². The van der Waals surface area contributed by atoms with Crippen molar-refractivity contribution in [2.45, 2.75) is 0 Å². The summed E-state index contributed by atoms with van der Waals surface area (Å²) in [5.41, 5.74) is 0. The standard InChI is InChI=1S/ClH.3Cs.H3O4P.3H/c;;;;1-5(2,3)4;;;/h1H;;;;(H3,1,2,3,4);;;/q;3*+1;;3*-1. The van der Waals surface area contributed by atoms with Crippen LogP contribution in [0, 0.1) is 0 Å². The SMILES string of the molecule is Cl.O=P(O)(O)O.[Cs+].[Cs+].[Cs+].[H-].[H-].[H-]. The molecule has 0 bridgehead atoms. The molecule has 3 N–H and O–H groups in total. The van der Waals surface area contributed by atoms with E-state index in [2.05, 4.69) is 0 Å². The van der Waals surface area contributed by atoms with Crippen molar-refractivity contribution < 1.29 is 230 Å². The van der Waals surface area contributed by atoms with E-state index in [0.29, 0.717) is 0 Å². The summed E-state index contributed by atoms with van der Waals surface area (Å²) in [6, 6.07) is 0. The van der Waals surface area contributed by atoms with Gasteiger partial charge in [0.05, 0.1) is 0 Å². The zero-order valence-electron chi connectivity index (χ0n) is 8.61. The average molecular weight is 536 g/mol. The Morgan fingerprint density at radius 3 is 1.00 bits per heavy atom. The number of halogens is 1. The van der Waals surface area contributed by atoms with E-state index in [-0.39, 0.29) is 223 Å². The number of phosphoric acid groups is 1. The molecule has 9 heteroatoms. The maximum Gasteiger partial charge on any atom is 1.00 e. The number of hydrogen-bond donors (Lipinski definition) is 3. The van der Waals surface area contributed by atoms with Crippen molar-refractivity contribution in [2.75, 3.05) is 0 Å². The van der Waals surface area contributed by atoms with Crippen LogP contribution in [-0.2, 0) is 4.57 Å². The summed E-state index contributed by atoms with van der Waals surface area (Å²) >= 11 is 0. The summed E-state index contributed by atoms with van der Waals surface area (Å²) in [5.74, 6) is 0. The third-order valence-corrected chi connectivity index (χ3v) is 0. The average Bonchev–Trinajstić information content (AvgIpc) is 0.722. The molecule has 0 rings (SSSR count). The van der Waals surface area contributed by atoms with Gasteiger partial charge in [0.25, 0.3) is 0 Å². The van der Waals surface area contributed by atoms with E-state index in [1.165, 1.54) is 0 Å². The van der Waals surface area contributed by atoms with Gasteiger partial charge in [0, 0.05) is 0 Å². The van der Waals surface area contributed by atoms with E-state index < -0.39 is 7.82 Å². The van der Waals surface area contributed by atoms with Crippen molar-refractivity contribution >= 4 is 20.2 Å². The van der Waals surface area contributed by atoms with Crippen molar-refractivity contribution in [1.82, 2.24) is 0 Å². The van der Waals surface area contributed by atoms with Crippen LogP contribution in [0.3, 0.4) is 0 Å². The Morgan fingerprint density at radius 2 is 1.00 bits per heavy atom. The summed E-state index contributed by atoms with van der Waals surface area (Å²) < 4.78 is 8.88. The van der Waals surface area contributed by atoms with Crippen molar-refractivity contribution in [3.63, 3.8) is 0 Å². The molecule has 0 unspecified atom stereocenters. The molecule has 0 aromatic rings. The maximum absolute atomic E-state index is 8.88. The smallest absolute Gasteiger partial charge is 1.00 e. The molecule has 0 aliphatic heterocycles. The molecular formula is H7ClCs3O4P. The molecular weight excluding hydrogens is 529 g/mol. The molecule has 0 amide bonds. The fourth-order valence-electron chi connectivity index (χ4n) is 0. The van der Waals surface area contributed by atoms with Crippen LogP contribution < -0.4 is 207 Å². The van der Waals surface area contributed by atoms with E-state index in [0.717, 1.165) is 0 Å². The quantitative estimate of drug-likeness (QED) is 0.269. The predicted octanol–water partition coefficient (Wildman–Crippen LogP) is -9.16. The Hall–Kier alpha value is 6.56. The molecule has 0 aliphatic rings. The van der Waals surface area contributed by atoms with E-state index >= 15 is 0 Å². The van der Waals surface area contributed by atoms with Crippen molar-refractivity contribution in [1.29, 1.82) is 0 Å². The molecule has 9 heavy (non-hydrogen) atoms. The molecule has 0 radical (unpaired) electrons. The van der Waals surface area contributed by atoms with Crippen LogP contribution in [0.4, 0.5) is 0 Å². The second-order valence-electron chi connectivity index (χ2n) is 0.513. The minimum Gasteiger partial charge on any atom is -1.00 e. The fourth-order valence-corrected chi connectivity index (χ4v) is 0. The van der Waals surface area contributed by atoms with Gasteiger partial charge in [0.2, 0.25) is 0 Å². The second kappa shape index (κ2) is 17.0. The van der Waals surface area contributed by atoms with Crippen LogP contribution >= 0.6 is 20.2 Å². The minimum absolute atomic E-state index is 0. The van der Waals surface area contributed by atoms with E-state index in [1.54, 1.807) is 0 Å². The van der Waals surface area contributed by atoms with Gasteiger partial charge in [-0.3, -0.25) is 0 Å². The van der Waals surface area contributed by atoms with Gasteiger partial charge in [-0.15, -0.1) is 12.4 Å². The second-order valence-corrected chi connectivity index (χ2v) is 1.54. The molecule has 0 saturated carbocycles. The topological polar surface area (TPSA) is 77.8 Å². The normalized spacial score (nSPS) is 6.56. The van der Waals surface area contributed by atoms with Crippen molar-refractivity contribution in [3.8, 4) is 0 Å². The Labute approximate surface area is 241 Å². The third kappa shape index (κ3) is 53.4. The van der Waals surface area contributed by atoms with Gasteiger partial charge in [0.15, 0.2) is 0 Å². The Bertz CT molecular complexity index is 71.7. The molecule has 0 aliphatic carbocycles. The Morgan fingerprint density at radius 1 is 1.00 bits per heavy atom. The number of rotatable bonds is 0. The minimum atomic E-state index is -4.64. The van der Waals surface area contributed by atoms with Crippen molar-refractivity contribution in [3.05, 3.63) is 0 Å². The van der Waals surface area contributed by atoms with Gasteiger partial charge in [-0.25, -0.2) is 4.57 Å². The maximum atomic E-state index is 8.88. The summed E-state index contributed by atoms with van der Waals surface area (Å²) in [4.78, 5) is 21.6. The van der Waals surface area contributed by atoms with E-state index in [1.807, 2.05) is 0 Å². The summed E-state index contributed by atoms with van der Waals surface area (Å²) in [7, 11) is -4.64. The monoisotopic (exact) mass is 536 g/mol. The van der Waals surface area contributed by atoms with Crippen LogP contribution in [0.5, 0.6) is 0 Å². The van der Waals surface area contributed by atoms with Crippen LogP contribution in [0.15, 0.2) is 0 Å². The first-order valence-electron chi connectivity index (χ1n) is 0.783. The zero-order chi connectivity index (χ0) is 4.50. The first-order chi connectivity index (χ1) is 2.00. The molecule has 4 nitrogen and oxygen atoms in total.